The van der Waals surface area contributed by atoms with Gasteiger partial charge in [-0.1, -0.05) is 60.0 Å². The number of benzene rings is 3. The number of carboxylic acids is 1. The zero-order valence-electron chi connectivity index (χ0n) is 15.1. The molecule has 0 amide bonds. The highest BCUT2D eigenvalue weighted by Gasteiger charge is 2.19. The number of ether oxygens (including phenoxy) is 1. The maximum atomic E-state index is 11.6. The molecular weight excluding hydrogens is 372 g/mol. The Morgan fingerprint density at radius 2 is 1.68 bits per heavy atom. The number of hydrogen-bond acceptors (Lipinski definition) is 2. The summed E-state index contributed by atoms with van der Waals surface area (Å²) in [6, 6.07) is 22.6. The predicted molar refractivity (Wildman–Crippen MR) is 112 cm³/mol. The third kappa shape index (κ3) is 5.16. The summed E-state index contributed by atoms with van der Waals surface area (Å²) < 4.78 is 5.64. The highest BCUT2D eigenvalue weighted by Crippen LogP contribution is 2.23. The molecule has 0 saturated carbocycles. The van der Waals surface area contributed by atoms with Crippen molar-refractivity contribution in [3.8, 4) is 29.2 Å². The molecule has 0 saturated heterocycles. The zero-order valence-corrected chi connectivity index (χ0v) is 15.9. The first kappa shape index (κ1) is 19.5. The van der Waals surface area contributed by atoms with Crippen LogP contribution < -0.4 is 4.74 Å². The average Bonchev–Trinajstić information content (AvgIpc) is 2.72. The molecule has 0 spiro atoms. The van der Waals surface area contributed by atoms with Crippen molar-refractivity contribution in [2.24, 2.45) is 0 Å². The number of rotatable bonds is 7. The van der Waals surface area contributed by atoms with Crippen molar-refractivity contribution in [1.82, 2.24) is 0 Å². The van der Waals surface area contributed by atoms with E-state index in [-0.39, 0.29) is 0 Å². The normalized spacial score (nSPS) is 11.4. The SMILES string of the molecule is C#Cc1cccc(OC(CCc2ccc(-c3ccc(Cl)cc3)cc2)C(=O)O)c1. The molecule has 0 aliphatic carbocycles. The second-order valence-corrected chi connectivity index (χ2v) is 6.80. The van der Waals surface area contributed by atoms with Crippen LogP contribution in [0.5, 0.6) is 5.75 Å². The van der Waals surface area contributed by atoms with Crippen LogP contribution in [0.3, 0.4) is 0 Å². The Morgan fingerprint density at radius 1 is 1.04 bits per heavy atom. The fraction of sp³-hybridized carbons (Fsp3) is 0.125. The summed E-state index contributed by atoms with van der Waals surface area (Å²) in [5, 5.41) is 10.2. The molecule has 4 heteroatoms. The van der Waals surface area contributed by atoms with Gasteiger partial charge in [0, 0.05) is 10.6 Å². The highest BCUT2D eigenvalue weighted by molar-refractivity contribution is 6.30. The highest BCUT2D eigenvalue weighted by atomic mass is 35.5. The van der Waals surface area contributed by atoms with Gasteiger partial charge in [0.2, 0.25) is 0 Å². The van der Waals surface area contributed by atoms with E-state index in [1.807, 2.05) is 48.5 Å². The zero-order chi connectivity index (χ0) is 19.9. The van der Waals surface area contributed by atoms with Crippen LogP contribution in [0.15, 0.2) is 72.8 Å². The minimum atomic E-state index is -0.996. The van der Waals surface area contributed by atoms with Crippen LogP contribution in [0.25, 0.3) is 11.1 Å². The fourth-order valence-corrected chi connectivity index (χ4v) is 2.99. The first-order valence-electron chi connectivity index (χ1n) is 8.86. The van der Waals surface area contributed by atoms with Gasteiger partial charge in [-0.15, -0.1) is 6.42 Å². The van der Waals surface area contributed by atoms with Crippen molar-refractivity contribution in [3.05, 3.63) is 88.9 Å². The molecule has 1 N–H and O–H groups in total. The van der Waals surface area contributed by atoms with Crippen molar-refractivity contribution in [2.75, 3.05) is 0 Å². The van der Waals surface area contributed by atoms with Gasteiger partial charge < -0.3 is 9.84 Å². The van der Waals surface area contributed by atoms with Gasteiger partial charge in [-0.2, -0.15) is 0 Å². The number of aryl methyl sites for hydroxylation is 1. The Kier molecular flexibility index (Phi) is 6.37. The molecule has 0 aliphatic heterocycles. The molecule has 28 heavy (non-hydrogen) atoms. The summed E-state index contributed by atoms with van der Waals surface area (Å²) in [6.07, 6.45) is 5.38. The number of terminal acetylenes is 1. The smallest absolute Gasteiger partial charge is 0.344 e. The third-order valence-electron chi connectivity index (χ3n) is 4.38. The summed E-state index contributed by atoms with van der Waals surface area (Å²) in [5.74, 6) is 1.98. The molecule has 0 radical (unpaired) electrons. The Bertz CT molecular complexity index is 986. The molecule has 0 aromatic heterocycles. The molecule has 3 aromatic rings. The van der Waals surface area contributed by atoms with E-state index in [2.05, 4.69) is 5.92 Å². The number of hydrogen-bond donors (Lipinski definition) is 1. The van der Waals surface area contributed by atoms with Gasteiger partial charge in [-0.25, -0.2) is 4.79 Å². The van der Waals surface area contributed by atoms with Crippen LogP contribution in [0.2, 0.25) is 5.02 Å². The number of carboxylic acid groups (broad SMARTS) is 1. The standard InChI is InChI=1S/C24H19ClO3/c1-2-17-4-3-5-22(16-17)28-23(24(26)27)15-8-18-6-9-19(10-7-18)20-11-13-21(25)14-12-20/h1,3-7,9-14,16,23H,8,15H2,(H,26,27). The van der Waals surface area contributed by atoms with E-state index in [1.54, 1.807) is 24.3 Å². The summed E-state index contributed by atoms with van der Waals surface area (Å²) in [5.41, 5.74) is 3.86. The number of aliphatic carboxylic acids is 1. The molecule has 140 valence electrons. The average molecular weight is 391 g/mol. The lowest BCUT2D eigenvalue weighted by atomic mass is 10.0. The van der Waals surface area contributed by atoms with Crippen LogP contribution in [0.4, 0.5) is 0 Å². The molecule has 0 fully saturated rings. The van der Waals surface area contributed by atoms with Crippen LogP contribution in [-0.2, 0) is 11.2 Å². The van der Waals surface area contributed by atoms with Crippen molar-refractivity contribution < 1.29 is 14.6 Å². The molecular formula is C24H19ClO3. The quantitative estimate of drug-likeness (QED) is 0.545. The minimum absolute atomic E-state index is 0.357. The van der Waals surface area contributed by atoms with E-state index in [9.17, 15) is 9.90 Å². The summed E-state index contributed by atoms with van der Waals surface area (Å²) in [4.78, 5) is 11.6. The first-order valence-corrected chi connectivity index (χ1v) is 9.24. The fourth-order valence-electron chi connectivity index (χ4n) is 2.86. The molecule has 0 bridgehead atoms. The van der Waals surface area contributed by atoms with Crippen LogP contribution >= 0.6 is 11.6 Å². The Labute approximate surface area is 169 Å². The lowest BCUT2D eigenvalue weighted by Crippen LogP contribution is -2.27. The Morgan fingerprint density at radius 3 is 2.29 bits per heavy atom. The minimum Gasteiger partial charge on any atom is -0.479 e. The first-order chi connectivity index (χ1) is 13.5. The van der Waals surface area contributed by atoms with Crippen molar-refractivity contribution in [1.29, 1.82) is 0 Å². The molecule has 3 rings (SSSR count). The van der Waals surface area contributed by atoms with E-state index in [1.165, 1.54) is 0 Å². The lowest BCUT2D eigenvalue weighted by molar-refractivity contribution is -0.145. The van der Waals surface area contributed by atoms with Gasteiger partial charge in [0.15, 0.2) is 6.10 Å². The number of carbonyl (C=O) groups is 1. The molecule has 3 nitrogen and oxygen atoms in total. The molecule has 0 aliphatic rings. The number of halogens is 1. The molecule has 1 atom stereocenters. The monoisotopic (exact) mass is 390 g/mol. The van der Waals surface area contributed by atoms with Crippen molar-refractivity contribution in [2.45, 2.75) is 18.9 Å². The van der Waals surface area contributed by atoms with E-state index in [4.69, 9.17) is 22.8 Å². The van der Waals surface area contributed by atoms with Crippen LogP contribution in [0, 0.1) is 12.3 Å². The van der Waals surface area contributed by atoms with E-state index in [0.717, 1.165) is 16.7 Å². The van der Waals surface area contributed by atoms with Crippen LogP contribution in [-0.4, -0.2) is 17.2 Å². The van der Waals surface area contributed by atoms with Gasteiger partial charge in [0.1, 0.15) is 5.75 Å². The maximum absolute atomic E-state index is 11.6. The molecule has 0 heterocycles. The van der Waals surface area contributed by atoms with Gasteiger partial charge in [-0.3, -0.25) is 0 Å². The van der Waals surface area contributed by atoms with Gasteiger partial charge >= 0.3 is 5.97 Å². The summed E-state index contributed by atoms with van der Waals surface area (Å²) in [6.45, 7) is 0. The Balaban J connectivity index is 1.64. The summed E-state index contributed by atoms with van der Waals surface area (Å²) in [7, 11) is 0. The summed E-state index contributed by atoms with van der Waals surface area (Å²) >= 11 is 5.93. The van der Waals surface area contributed by atoms with Gasteiger partial charge in [0.05, 0.1) is 0 Å². The maximum Gasteiger partial charge on any atom is 0.344 e. The van der Waals surface area contributed by atoms with Gasteiger partial charge in [-0.05, 0) is 59.9 Å². The largest absolute Gasteiger partial charge is 0.479 e. The van der Waals surface area contributed by atoms with E-state index < -0.39 is 12.1 Å². The van der Waals surface area contributed by atoms with E-state index >= 15 is 0 Å². The van der Waals surface area contributed by atoms with Gasteiger partial charge in [0.25, 0.3) is 0 Å². The molecule has 3 aromatic carbocycles. The lowest BCUT2D eigenvalue weighted by Gasteiger charge is -2.15. The van der Waals surface area contributed by atoms with Crippen molar-refractivity contribution >= 4 is 17.6 Å². The Hall–Kier alpha value is -3.22. The molecule has 1 unspecified atom stereocenters. The second-order valence-electron chi connectivity index (χ2n) is 6.36. The second kappa shape index (κ2) is 9.12. The third-order valence-corrected chi connectivity index (χ3v) is 4.63. The topological polar surface area (TPSA) is 46.5 Å². The van der Waals surface area contributed by atoms with E-state index in [0.29, 0.717) is 29.2 Å². The van der Waals surface area contributed by atoms with Crippen molar-refractivity contribution in [3.63, 3.8) is 0 Å². The predicted octanol–water partition coefficient (Wildman–Crippen LogP) is 5.45. The van der Waals surface area contributed by atoms with Crippen LogP contribution in [0.1, 0.15) is 17.5 Å².